The Labute approximate surface area is 255 Å². The molecule has 1 aliphatic carbocycles. The highest BCUT2D eigenvalue weighted by Gasteiger charge is 2.51. The Kier molecular flexibility index (Phi) is 9.55. The van der Waals surface area contributed by atoms with E-state index in [4.69, 9.17) is 12.2 Å². The molecule has 1 aromatic heterocycles. The van der Waals surface area contributed by atoms with E-state index in [0.29, 0.717) is 19.0 Å². The topological polar surface area (TPSA) is 111 Å². The van der Waals surface area contributed by atoms with Crippen molar-refractivity contribution in [2.75, 3.05) is 31.1 Å². The molecule has 1 fully saturated rings. The SMILES string of the molecule is CC(C)N(C[C@H]1CN(S(=O)(=O)C2=CC=CCC2=S)CCN1c1ccc([C@@](C)(O)C(F)(F)F)cc1)S(=O)(=O)c1cccnc1. The lowest BCUT2D eigenvalue weighted by atomic mass is 9.95. The van der Waals surface area contributed by atoms with Gasteiger partial charge < -0.3 is 10.0 Å². The van der Waals surface area contributed by atoms with Gasteiger partial charge in [0.25, 0.3) is 0 Å². The number of anilines is 1. The maximum atomic E-state index is 13.7. The lowest BCUT2D eigenvalue weighted by Gasteiger charge is -2.44. The maximum Gasteiger partial charge on any atom is 0.421 e. The number of halogens is 3. The minimum Gasteiger partial charge on any atom is -0.376 e. The van der Waals surface area contributed by atoms with E-state index in [0.717, 1.165) is 12.1 Å². The van der Waals surface area contributed by atoms with E-state index in [1.165, 1.54) is 51.3 Å². The maximum absolute atomic E-state index is 13.7. The summed E-state index contributed by atoms with van der Waals surface area (Å²) in [6.07, 6.45) is 2.90. The van der Waals surface area contributed by atoms with Gasteiger partial charge in [-0.2, -0.15) is 21.8 Å². The number of hydrogen-bond acceptors (Lipinski definition) is 8. The smallest absolute Gasteiger partial charge is 0.376 e. The van der Waals surface area contributed by atoms with Crippen LogP contribution in [0.5, 0.6) is 0 Å². The second-order valence-electron chi connectivity index (χ2n) is 10.8. The van der Waals surface area contributed by atoms with Crippen LogP contribution in [-0.2, 0) is 25.6 Å². The molecule has 2 heterocycles. The van der Waals surface area contributed by atoms with Crippen molar-refractivity contribution in [3.63, 3.8) is 0 Å². The van der Waals surface area contributed by atoms with E-state index in [1.54, 1.807) is 30.9 Å². The minimum absolute atomic E-state index is 0.0135. The summed E-state index contributed by atoms with van der Waals surface area (Å²) in [7, 11) is -8.07. The lowest BCUT2D eigenvalue weighted by Crippen LogP contribution is -2.59. The van der Waals surface area contributed by atoms with E-state index < -0.39 is 43.9 Å². The van der Waals surface area contributed by atoms with Gasteiger partial charge in [-0.05, 0) is 56.7 Å². The van der Waals surface area contributed by atoms with Gasteiger partial charge in [0.15, 0.2) is 5.60 Å². The van der Waals surface area contributed by atoms with E-state index in [2.05, 4.69) is 4.98 Å². The van der Waals surface area contributed by atoms with Crippen LogP contribution in [0.25, 0.3) is 0 Å². The number of alkyl halides is 3. The van der Waals surface area contributed by atoms with Gasteiger partial charge in [-0.25, -0.2) is 16.8 Å². The van der Waals surface area contributed by atoms with Crippen LogP contribution in [-0.4, -0.2) is 84.8 Å². The molecule has 1 aliphatic heterocycles. The number of aromatic nitrogens is 1. The number of rotatable bonds is 9. The summed E-state index contributed by atoms with van der Waals surface area (Å²) >= 11 is 5.32. The first kappa shape index (κ1) is 33.2. The molecule has 1 N–H and O–H groups in total. The van der Waals surface area contributed by atoms with Crippen LogP contribution < -0.4 is 4.90 Å². The average molecular weight is 659 g/mol. The zero-order chi connectivity index (χ0) is 31.8. The number of sulfonamides is 2. The Morgan fingerprint density at radius 2 is 1.79 bits per heavy atom. The van der Waals surface area contributed by atoms with Crippen molar-refractivity contribution >= 4 is 42.8 Å². The molecule has 43 heavy (non-hydrogen) atoms. The van der Waals surface area contributed by atoms with Crippen molar-refractivity contribution in [2.24, 2.45) is 0 Å². The molecule has 0 unspecified atom stereocenters. The number of hydrogen-bond donors (Lipinski definition) is 1. The normalized spacial score (nSPS) is 20.4. The Hall–Kier alpha value is -2.69. The molecule has 234 valence electrons. The molecule has 0 spiro atoms. The second-order valence-corrected chi connectivity index (χ2v) is 15.1. The second kappa shape index (κ2) is 12.4. The first-order valence-corrected chi connectivity index (χ1v) is 16.7. The van der Waals surface area contributed by atoms with Crippen LogP contribution in [0, 0.1) is 0 Å². The number of nitrogens with zero attached hydrogens (tertiary/aromatic N) is 4. The fourth-order valence-corrected chi connectivity index (χ4v) is 8.71. The molecule has 15 heteroatoms. The van der Waals surface area contributed by atoms with Gasteiger partial charge in [0.05, 0.1) is 10.9 Å². The Morgan fingerprint density at radius 3 is 2.35 bits per heavy atom. The summed E-state index contributed by atoms with van der Waals surface area (Å²) in [4.78, 5) is 5.96. The summed E-state index contributed by atoms with van der Waals surface area (Å²) in [5.41, 5.74) is -3.00. The van der Waals surface area contributed by atoms with Crippen molar-refractivity contribution in [1.29, 1.82) is 0 Å². The first-order chi connectivity index (χ1) is 20.0. The third kappa shape index (κ3) is 6.71. The van der Waals surface area contributed by atoms with E-state index in [-0.39, 0.29) is 46.4 Å². The van der Waals surface area contributed by atoms with Crippen LogP contribution >= 0.6 is 12.2 Å². The molecule has 9 nitrogen and oxygen atoms in total. The zero-order valence-corrected chi connectivity index (χ0v) is 26.2. The number of piperazine rings is 1. The Bertz CT molecular complexity index is 1610. The van der Waals surface area contributed by atoms with Crippen LogP contribution in [0.4, 0.5) is 18.9 Å². The molecule has 2 aliphatic rings. The predicted octanol–water partition coefficient (Wildman–Crippen LogP) is 3.98. The van der Waals surface area contributed by atoms with E-state index in [9.17, 15) is 35.1 Å². The van der Waals surface area contributed by atoms with Crippen LogP contribution in [0.1, 0.15) is 32.8 Å². The van der Waals surface area contributed by atoms with Gasteiger partial charge in [0.2, 0.25) is 20.0 Å². The van der Waals surface area contributed by atoms with E-state index in [1.807, 2.05) is 0 Å². The summed E-state index contributed by atoms with van der Waals surface area (Å²) < 4.78 is 97.5. The van der Waals surface area contributed by atoms with Crippen molar-refractivity contribution in [1.82, 2.24) is 13.6 Å². The minimum atomic E-state index is -4.90. The molecular formula is C28H33F3N4O5S3. The van der Waals surface area contributed by atoms with Crippen molar-refractivity contribution in [3.05, 3.63) is 77.5 Å². The summed E-state index contributed by atoms with van der Waals surface area (Å²) in [5, 5.41) is 10.1. The molecule has 2 atom stereocenters. The molecule has 0 amide bonds. The predicted molar refractivity (Wildman–Crippen MR) is 161 cm³/mol. The third-order valence-electron chi connectivity index (χ3n) is 7.55. The molecule has 2 aromatic rings. The van der Waals surface area contributed by atoms with Gasteiger partial charge in [-0.3, -0.25) is 4.98 Å². The highest BCUT2D eigenvalue weighted by Crippen LogP contribution is 2.39. The van der Waals surface area contributed by atoms with Crippen LogP contribution in [0.2, 0.25) is 0 Å². The highest BCUT2D eigenvalue weighted by atomic mass is 32.2. The average Bonchev–Trinajstić information content (AvgIpc) is 2.95. The summed E-state index contributed by atoms with van der Waals surface area (Å²) in [5.74, 6) is 0. The molecule has 1 aromatic carbocycles. The molecule has 4 rings (SSSR count). The van der Waals surface area contributed by atoms with Gasteiger partial charge in [0, 0.05) is 61.6 Å². The Morgan fingerprint density at radius 1 is 1.12 bits per heavy atom. The third-order valence-corrected chi connectivity index (χ3v) is 12.0. The van der Waals surface area contributed by atoms with Crippen LogP contribution in [0.15, 0.2) is 76.8 Å². The van der Waals surface area contributed by atoms with Crippen molar-refractivity contribution in [3.8, 4) is 0 Å². The first-order valence-electron chi connectivity index (χ1n) is 13.5. The number of benzene rings is 1. The number of pyridine rings is 1. The summed E-state index contributed by atoms with van der Waals surface area (Å²) in [6.45, 7) is 3.96. The molecule has 0 saturated carbocycles. The standard InChI is InChI=1S/C28H33F3N4O5S3/c1-20(2)35(42(37,38)24-7-6-14-32-17-24)19-23-18-33(43(39,40)26-9-5-4-8-25(26)41)15-16-34(23)22-12-10-21(11-13-22)27(3,36)28(29,30)31/h4-7,9-14,17,20,23,36H,8,15-16,18-19H2,1-3H3/t23-,27-/m1/s1. The monoisotopic (exact) mass is 658 g/mol. The fourth-order valence-electron chi connectivity index (χ4n) is 5.00. The van der Waals surface area contributed by atoms with Gasteiger partial charge in [0.1, 0.15) is 4.90 Å². The Balaban J connectivity index is 1.73. The zero-order valence-electron chi connectivity index (χ0n) is 23.8. The van der Waals surface area contributed by atoms with Gasteiger partial charge in [-0.15, -0.1) is 0 Å². The fraction of sp³-hybridized carbons (Fsp3) is 0.429. The van der Waals surface area contributed by atoms with Crippen molar-refractivity contribution in [2.45, 2.75) is 55.9 Å². The molecule has 0 bridgehead atoms. The quantitative estimate of drug-likeness (QED) is 0.403. The number of thiocarbonyl (C=S) groups is 1. The van der Waals surface area contributed by atoms with Gasteiger partial charge in [-0.1, -0.05) is 36.5 Å². The van der Waals surface area contributed by atoms with Crippen LogP contribution in [0.3, 0.4) is 0 Å². The van der Waals surface area contributed by atoms with Gasteiger partial charge >= 0.3 is 6.18 Å². The highest BCUT2D eigenvalue weighted by molar-refractivity contribution is 7.96. The lowest BCUT2D eigenvalue weighted by molar-refractivity contribution is -0.258. The summed E-state index contributed by atoms with van der Waals surface area (Å²) in [6, 6.07) is 6.79. The number of aliphatic hydroxyl groups is 1. The largest absolute Gasteiger partial charge is 0.421 e. The molecule has 1 saturated heterocycles. The molecule has 0 radical (unpaired) electrons. The number of allylic oxidation sites excluding steroid dienone is 4. The van der Waals surface area contributed by atoms with E-state index >= 15 is 0 Å². The van der Waals surface area contributed by atoms with Crippen molar-refractivity contribution < 1.29 is 35.1 Å². The molecular weight excluding hydrogens is 626 g/mol.